The molecule has 0 amide bonds. The molecule has 3 atom stereocenters. The van der Waals surface area contributed by atoms with Crippen molar-refractivity contribution in [3.8, 4) is 5.75 Å². The standard InChI is InChI=1S/C16H22BrNO2/c17-12-6-7-13-14(4-2-8-20-16(13)9-12)18-10-11-3-1-5-15(11)19/h6-7,9,11,14-15,18-19H,1-5,8,10H2. The van der Waals surface area contributed by atoms with E-state index < -0.39 is 0 Å². The van der Waals surface area contributed by atoms with Crippen molar-refractivity contribution in [2.24, 2.45) is 5.92 Å². The Morgan fingerprint density at radius 3 is 2.95 bits per heavy atom. The smallest absolute Gasteiger partial charge is 0.125 e. The zero-order valence-corrected chi connectivity index (χ0v) is 13.2. The predicted octanol–water partition coefficient (Wildman–Crippen LogP) is 3.41. The van der Waals surface area contributed by atoms with Gasteiger partial charge in [0.2, 0.25) is 0 Å². The highest BCUT2D eigenvalue weighted by Gasteiger charge is 2.27. The Morgan fingerprint density at radius 1 is 1.25 bits per heavy atom. The second kappa shape index (κ2) is 6.46. The topological polar surface area (TPSA) is 41.5 Å². The number of nitrogens with one attached hydrogen (secondary N) is 1. The number of benzene rings is 1. The summed E-state index contributed by atoms with van der Waals surface area (Å²) in [7, 11) is 0. The number of fused-ring (bicyclic) bond motifs is 1. The molecular formula is C16H22BrNO2. The molecule has 2 aliphatic rings. The van der Waals surface area contributed by atoms with Crippen LogP contribution in [-0.4, -0.2) is 24.4 Å². The second-order valence-corrected chi connectivity index (χ2v) is 6.81. The molecule has 0 spiro atoms. The fraction of sp³-hybridized carbons (Fsp3) is 0.625. The Labute approximate surface area is 128 Å². The van der Waals surface area contributed by atoms with E-state index in [4.69, 9.17) is 4.74 Å². The normalized spacial score (nSPS) is 29.6. The van der Waals surface area contributed by atoms with E-state index in [1.165, 1.54) is 5.56 Å². The van der Waals surface area contributed by atoms with Gasteiger partial charge in [-0.1, -0.05) is 28.4 Å². The van der Waals surface area contributed by atoms with Crippen LogP contribution < -0.4 is 10.1 Å². The van der Waals surface area contributed by atoms with E-state index in [0.29, 0.717) is 12.0 Å². The molecule has 4 heteroatoms. The molecule has 2 N–H and O–H groups in total. The zero-order valence-electron chi connectivity index (χ0n) is 11.6. The molecule has 1 aromatic carbocycles. The molecule has 0 radical (unpaired) electrons. The van der Waals surface area contributed by atoms with Crippen LogP contribution in [0.1, 0.15) is 43.7 Å². The van der Waals surface area contributed by atoms with Crippen molar-refractivity contribution in [1.29, 1.82) is 0 Å². The minimum Gasteiger partial charge on any atom is -0.493 e. The van der Waals surface area contributed by atoms with E-state index in [1.54, 1.807) is 0 Å². The summed E-state index contributed by atoms with van der Waals surface area (Å²) in [4.78, 5) is 0. The molecule has 1 fully saturated rings. The van der Waals surface area contributed by atoms with Crippen LogP contribution in [0.3, 0.4) is 0 Å². The number of aliphatic hydroxyl groups excluding tert-OH is 1. The van der Waals surface area contributed by atoms with Crippen molar-refractivity contribution >= 4 is 15.9 Å². The van der Waals surface area contributed by atoms with Crippen LogP contribution in [0.15, 0.2) is 22.7 Å². The molecule has 1 aliphatic heterocycles. The first-order chi connectivity index (χ1) is 9.74. The summed E-state index contributed by atoms with van der Waals surface area (Å²) >= 11 is 3.50. The molecule has 1 aromatic rings. The molecule has 0 aromatic heterocycles. The quantitative estimate of drug-likeness (QED) is 0.886. The van der Waals surface area contributed by atoms with E-state index in [0.717, 1.165) is 55.5 Å². The lowest BCUT2D eigenvalue weighted by Gasteiger charge is -2.22. The predicted molar refractivity (Wildman–Crippen MR) is 83.0 cm³/mol. The molecule has 3 unspecified atom stereocenters. The largest absolute Gasteiger partial charge is 0.493 e. The summed E-state index contributed by atoms with van der Waals surface area (Å²) in [6, 6.07) is 6.62. The Bertz CT molecular complexity index is 466. The van der Waals surface area contributed by atoms with Crippen LogP contribution in [0.4, 0.5) is 0 Å². The number of rotatable bonds is 3. The van der Waals surface area contributed by atoms with Gasteiger partial charge in [-0.25, -0.2) is 0 Å². The average Bonchev–Trinajstić information content (AvgIpc) is 2.73. The van der Waals surface area contributed by atoms with E-state index >= 15 is 0 Å². The summed E-state index contributed by atoms with van der Waals surface area (Å²) in [5.41, 5.74) is 1.25. The van der Waals surface area contributed by atoms with Gasteiger partial charge in [0, 0.05) is 22.6 Å². The second-order valence-electron chi connectivity index (χ2n) is 5.89. The third kappa shape index (κ3) is 3.18. The molecule has 1 heterocycles. The number of halogens is 1. The van der Waals surface area contributed by atoms with Gasteiger partial charge in [-0.15, -0.1) is 0 Å². The number of hydrogen-bond acceptors (Lipinski definition) is 3. The summed E-state index contributed by atoms with van der Waals surface area (Å²) < 4.78 is 6.89. The Morgan fingerprint density at radius 2 is 2.15 bits per heavy atom. The van der Waals surface area contributed by atoms with Gasteiger partial charge in [-0.05, 0) is 43.7 Å². The van der Waals surface area contributed by atoms with E-state index in [2.05, 4.69) is 39.4 Å². The number of ether oxygens (including phenoxy) is 1. The van der Waals surface area contributed by atoms with Gasteiger partial charge in [0.05, 0.1) is 12.7 Å². The molecule has 1 saturated carbocycles. The maximum atomic E-state index is 9.93. The van der Waals surface area contributed by atoms with E-state index in [-0.39, 0.29) is 6.10 Å². The lowest BCUT2D eigenvalue weighted by molar-refractivity contribution is 0.129. The van der Waals surface area contributed by atoms with Crippen molar-refractivity contribution in [2.45, 2.75) is 44.2 Å². The molecular weight excluding hydrogens is 318 g/mol. The summed E-state index contributed by atoms with van der Waals surface area (Å²) in [5.74, 6) is 1.40. The van der Waals surface area contributed by atoms with Crippen LogP contribution in [-0.2, 0) is 0 Å². The Balaban J connectivity index is 1.70. The SMILES string of the molecule is OC1CCCC1CNC1CCCOc2cc(Br)ccc21. The molecule has 3 rings (SSSR count). The summed E-state index contributed by atoms with van der Waals surface area (Å²) in [5, 5.41) is 13.6. The molecule has 110 valence electrons. The molecule has 20 heavy (non-hydrogen) atoms. The fourth-order valence-electron chi connectivity index (χ4n) is 3.31. The first kappa shape index (κ1) is 14.4. The lowest BCUT2D eigenvalue weighted by Crippen LogP contribution is -2.30. The molecule has 0 saturated heterocycles. The minimum absolute atomic E-state index is 0.117. The van der Waals surface area contributed by atoms with Crippen molar-refractivity contribution in [3.63, 3.8) is 0 Å². The first-order valence-electron chi connectivity index (χ1n) is 7.58. The maximum absolute atomic E-state index is 9.93. The van der Waals surface area contributed by atoms with Crippen LogP contribution in [0.5, 0.6) is 5.75 Å². The highest BCUT2D eigenvalue weighted by molar-refractivity contribution is 9.10. The highest BCUT2D eigenvalue weighted by Crippen LogP contribution is 2.34. The van der Waals surface area contributed by atoms with Gasteiger partial charge in [0.25, 0.3) is 0 Å². The van der Waals surface area contributed by atoms with Gasteiger partial charge >= 0.3 is 0 Å². The minimum atomic E-state index is -0.117. The highest BCUT2D eigenvalue weighted by atomic mass is 79.9. The van der Waals surface area contributed by atoms with Gasteiger partial charge in [0.1, 0.15) is 5.75 Å². The summed E-state index contributed by atoms with van der Waals surface area (Å²) in [6.07, 6.45) is 5.31. The summed E-state index contributed by atoms with van der Waals surface area (Å²) in [6.45, 7) is 1.69. The molecule has 1 aliphatic carbocycles. The van der Waals surface area contributed by atoms with Crippen LogP contribution in [0.2, 0.25) is 0 Å². The molecule has 0 bridgehead atoms. The van der Waals surface area contributed by atoms with Crippen molar-refractivity contribution in [1.82, 2.24) is 5.32 Å². The third-order valence-electron chi connectivity index (χ3n) is 4.49. The van der Waals surface area contributed by atoms with Gasteiger partial charge < -0.3 is 15.2 Å². The lowest BCUT2D eigenvalue weighted by atomic mass is 10.00. The van der Waals surface area contributed by atoms with Crippen molar-refractivity contribution in [3.05, 3.63) is 28.2 Å². The van der Waals surface area contributed by atoms with Gasteiger partial charge in [0.15, 0.2) is 0 Å². The van der Waals surface area contributed by atoms with Crippen molar-refractivity contribution < 1.29 is 9.84 Å². The zero-order chi connectivity index (χ0) is 13.9. The maximum Gasteiger partial charge on any atom is 0.125 e. The Hall–Kier alpha value is -0.580. The number of aliphatic hydroxyl groups is 1. The van der Waals surface area contributed by atoms with Crippen LogP contribution in [0, 0.1) is 5.92 Å². The first-order valence-corrected chi connectivity index (χ1v) is 8.37. The molecule has 3 nitrogen and oxygen atoms in total. The monoisotopic (exact) mass is 339 g/mol. The van der Waals surface area contributed by atoms with Crippen LogP contribution in [0.25, 0.3) is 0 Å². The van der Waals surface area contributed by atoms with Gasteiger partial charge in [-0.2, -0.15) is 0 Å². The van der Waals surface area contributed by atoms with E-state index in [9.17, 15) is 5.11 Å². The Kier molecular flexibility index (Phi) is 4.64. The van der Waals surface area contributed by atoms with Crippen LogP contribution >= 0.6 is 15.9 Å². The fourth-order valence-corrected chi connectivity index (χ4v) is 3.65. The average molecular weight is 340 g/mol. The van der Waals surface area contributed by atoms with Crippen molar-refractivity contribution in [2.75, 3.05) is 13.2 Å². The van der Waals surface area contributed by atoms with E-state index in [1.807, 2.05) is 0 Å². The third-order valence-corrected chi connectivity index (χ3v) is 4.98. The number of hydrogen-bond donors (Lipinski definition) is 2. The van der Waals surface area contributed by atoms with Gasteiger partial charge in [-0.3, -0.25) is 0 Å².